The monoisotopic (exact) mass is 548 g/mol. The zero-order valence-electron chi connectivity index (χ0n) is 29.1. The Morgan fingerprint density at radius 1 is 0.513 bits per heavy atom. The third-order valence-corrected chi connectivity index (χ3v) is 7.17. The molecule has 0 aliphatic heterocycles. The van der Waals surface area contributed by atoms with Gasteiger partial charge in [0.25, 0.3) is 0 Å². The summed E-state index contributed by atoms with van der Waals surface area (Å²) in [5, 5.41) is 1.50. The van der Waals surface area contributed by atoms with Crippen LogP contribution < -0.4 is 5.84 Å². The molecule has 0 atom stereocenters. The van der Waals surface area contributed by atoms with Crippen LogP contribution in [0.2, 0.25) is 0 Å². The highest BCUT2D eigenvalue weighted by atomic mass is 15.4. The van der Waals surface area contributed by atoms with Gasteiger partial charge in [0.15, 0.2) is 0 Å². The molecule has 0 unspecified atom stereocenters. The minimum atomic E-state index is 0.197. The maximum atomic E-state index is 5.07. The van der Waals surface area contributed by atoms with Crippen LogP contribution in [0.25, 0.3) is 0 Å². The zero-order valence-corrected chi connectivity index (χ0v) is 29.1. The van der Waals surface area contributed by atoms with E-state index in [0.29, 0.717) is 10.8 Å². The Morgan fingerprint density at radius 2 is 0.769 bits per heavy atom. The van der Waals surface area contributed by atoms with Crippen molar-refractivity contribution >= 4 is 0 Å². The molecule has 0 saturated heterocycles. The Kier molecular flexibility index (Phi) is 15.4. The predicted molar refractivity (Wildman–Crippen MR) is 172 cm³/mol. The molecule has 1 rings (SSSR count). The van der Waals surface area contributed by atoms with Crippen LogP contribution in [0.1, 0.15) is 159 Å². The molecule has 0 aromatic carbocycles. The number of nitrogens with two attached hydrogens (primary N) is 1. The van der Waals surface area contributed by atoms with Crippen LogP contribution in [-0.2, 0) is 19.3 Å². The molecule has 1 aromatic heterocycles. The maximum absolute atomic E-state index is 5.07. The SMILES string of the molecule is CCCC(C)(C)Cc1nc(CC(C)(C)CCCC(C)(C)C)nc(CC(C)(C)CCCC(C)(C)C)n1.CN(C)N. The Morgan fingerprint density at radius 3 is 1.00 bits per heavy atom. The van der Waals surface area contributed by atoms with Gasteiger partial charge in [0.2, 0.25) is 0 Å². The number of rotatable bonds is 14. The van der Waals surface area contributed by atoms with Gasteiger partial charge < -0.3 is 0 Å². The molecule has 39 heavy (non-hydrogen) atoms. The van der Waals surface area contributed by atoms with Crippen LogP contribution in [0, 0.1) is 27.1 Å². The van der Waals surface area contributed by atoms with Crippen molar-refractivity contribution in [1.82, 2.24) is 20.0 Å². The second-order valence-corrected chi connectivity index (χ2v) is 17.1. The number of hydrazine groups is 1. The maximum Gasteiger partial charge on any atom is 0.133 e. The lowest BCUT2D eigenvalue weighted by Gasteiger charge is -2.28. The summed E-state index contributed by atoms with van der Waals surface area (Å²) in [6, 6.07) is 0. The van der Waals surface area contributed by atoms with Crippen LogP contribution in [0.5, 0.6) is 0 Å². The van der Waals surface area contributed by atoms with Gasteiger partial charge in [-0.25, -0.2) is 15.0 Å². The van der Waals surface area contributed by atoms with Crippen LogP contribution in [0.3, 0.4) is 0 Å². The van der Waals surface area contributed by atoms with Crippen molar-refractivity contribution < 1.29 is 0 Å². The third kappa shape index (κ3) is 21.4. The third-order valence-electron chi connectivity index (χ3n) is 7.17. The summed E-state index contributed by atoms with van der Waals surface area (Å²) in [6.45, 7) is 30.6. The van der Waals surface area contributed by atoms with Gasteiger partial charge in [0.05, 0.1) is 0 Å². The summed E-state index contributed by atoms with van der Waals surface area (Å²) < 4.78 is 0. The Labute approximate surface area is 244 Å². The Bertz CT molecular complexity index is 755. The predicted octanol–water partition coefficient (Wildman–Crippen LogP) is 9.23. The summed E-state index contributed by atoms with van der Waals surface area (Å²) in [4.78, 5) is 15.2. The molecule has 5 heteroatoms. The van der Waals surface area contributed by atoms with Crippen LogP contribution in [0.15, 0.2) is 0 Å². The van der Waals surface area contributed by atoms with E-state index in [-0.39, 0.29) is 16.2 Å². The second-order valence-electron chi connectivity index (χ2n) is 17.1. The Balaban J connectivity index is 0.00000336. The van der Waals surface area contributed by atoms with E-state index in [2.05, 4.69) is 90.0 Å². The fourth-order valence-electron chi connectivity index (χ4n) is 5.18. The molecular weight excluding hydrogens is 478 g/mol. The first kappa shape index (κ1) is 37.9. The molecule has 0 aliphatic rings. The number of hydrogen-bond donors (Lipinski definition) is 1. The molecule has 0 bridgehead atoms. The van der Waals surface area contributed by atoms with Crippen molar-refractivity contribution in [2.45, 2.75) is 161 Å². The smallest absolute Gasteiger partial charge is 0.133 e. The zero-order chi connectivity index (χ0) is 30.7. The van der Waals surface area contributed by atoms with Gasteiger partial charge in [-0.3, -0.25) is 10.9 Å². The van der Waals surface area contributed by atoms with Crippen molar-refractivity contribution in [3.05, 3.63) is 17.5 Å². The summed E-state index contributed by atoms with van der Waals surface area (Å²) in [5.74, 6) is 7.95. The van der Waals surface area contributed by atoms with E-state index in [0.717, 1.165) is 36.7 Å². The first-order valence-electron chi connectivity index (χ1n) is 15.6. The van der Waals surface area contributed by atoms with Gasteiger partial charge in [-0.2, -0.15) is 0 Å². The molecule has 1 aromatic rings. The average molecular weight is 548 g/mol. The van der Waals surface area contributed by atoms with Crippen molar-refractivity contribution in [2.75, 3.05) is 14.1 Å². The van der Waals surface area contributed by atoms with E-state index < -0.39 is 0 Å². The normalized spacial score (nSPS) is 13.5. The fraction of sp³-hybridized carbons (Fsp3) is 0.912. The van der Waals surface area contributed by atoms with Crippen molar-refractivity contribution in [2.24, 2.45) is 32.9 Å². The first-order chi connectivity index (χ1) is 17.4. The van der Waals surface area contributed by atoms with Gasteiger partial charge in [0, 0.05) is 33.4 Å². The summed E-state index contributed by atoms with van der Waals surface area (Å²) in [5.41, 5.74) is 1.40. The van der Waals surface area contributed by atoms with E-state index in [1.54, 1.807) is 14.1 Å². The van der Waals surface area contributed by atoms with Crippen LogP contribution in [-0.4, -0.2) is 34.1 Å². The van der Waals surface area contributed by atoms with Crippen LogP contribution in [0.4, 0.5) is 0 Å². The standard InChI is InChI=1S/C32H61N3.C2H8N2/c1-14-17-30(8,9)22-25-33-26(23-31(10,11)20-15-18-28(2,3)4)35-27(34-25)24-32(12,13)21-16-19-29(5,6)7;1-4(2)3/h14-24H2,1-13H3;3H2,1-2H3. The minimum absolute atomic E-state index is 0.197. The molecule has 0 amide bonds. The molecule has 2 N–H and O–H groups in total. The van der Waals surface area contributed by atoms with Crippen LogP contribution >= 0.6 is 0 Å². The van der Waals surface area contributed by atoms with E-state index in [4.69, 9.17) is 20.8 Å². The molecule has 0 aliphatic carbocycles. The molecular formula is C34H69N5. The van der Waals surface area contributed by atoms with E-state index in [9.17, 15) is 0 Å². The highest BCUT2D eigenvalue weighted by Crippen LogP contribution is 2.33. The largest absolute Gasteiger partial charge is 0.269 e. The highest BCUT2D eigenvalue weighted by molar-refractivity contribution is 5.04. The van der Waals surface area contributed by atoms with Crippen molar-refractivity contribution in [1.29, 1.82) is 0 Å². The lowest BCUT2D eigenvalue weighted by molar-refractivity contribution is 0.269. The first-order valence-corrected chi connectivity index (χ1v) is 15.6. The average Bonchev–Trinajstić information content (AvgIpc) is 2.63. The summed E-state index contributed by atoms with van der Waals surface area (Å²) in [7, 11) is 3.56. The lowest BCUT2D eigenvalue weighted by atomic mass is 9.80. The van der Waals surface area contributed by atoms with E-state index >= 15 is 0 Å². The van der Waals surface area contributed by atoms with Gasteiger partial charge in [-0.15, -0.1) is 0 Å². The highest BCUT2D eigenvalue weighted by Gasteiger charge is 2.27. The topological polar surface area (TPSA) is 67.9 Å². The summed E-state index contributed by atoms with van der Waals surface area (Å²) in [6.07, 6.45) is 12.6. The molecule has 0 fully saturated rings. The molecule has 0 saturated carbocycles. The summed E-state index contributed by atoms with van der Waals surface area (Å²) >= 11 is 0. The van der Waals surface area contributed by atoms with Gasteiger partial charge in [0.1, 0.15) is 17.5 Å². The van der Waals surface area contributed by atoms with E-state index in [1.165, 1.54) is 56.4 Å². The van der Waals surface area contributed by atoms with Gasteiger partial charge in [-0.05, 0) is 59.2 Å². The second kappa shape index (κ2) is 15.8. The fourth-order valence-corrected chi connectivity index (χ4v) is 5.18. The minimum Gasteiger partial charge on any atom is -0.269 e. The Hall–Kier alpha value is -1.07. The number of aromatic nitrogens is 3. The molecule has 5 nitrogen and oxygen atoms in total. The number of hydrogen-bond acceptors (Lipinski definition) is 5. The van der Waals surface area contributed by atoms with Crippen molar-refractivity contribution in [3.63, 3.8) is 0 Å². The number of nitrogens with zero attached hydrogens (tertiary/aromatic N) is 4. The molecule has 230 valence electrons. The lowest BCUT2D eigenvalue weighted by Crippen LogP contribution is -2.24. The molecule has 0 spiro atoms. The molecule has 0 radical (unpaired) electrons. The van der Waals surface area contributed by atoms with Crippen molar-refractivity contribution in [3.8, 4) is 0 Å². The van der Waals surface area contributed by atoms with E-state index in [1.807, 2.05) is 0 Å². The quantitative estimate of drug-likeness (QED) is 0.186. The molecule has 1 heterocycles. The van der Waals surface area contributed by atoms with Gasteiger partial charge >= 0.3 is 0 Å². The van der Waals surface area contributed by atoms with Gasteiger partial charge in [-0.1, -0.05) is 109 Å².